The molecule has 1 unspecified atom stereocenters. The molecule has 0 aliphatic carbocycles. The smallest absolute Gasteiger partial charge is 0.225 e. The monoisotopic (exact) mass is 316 g/mol. The summed E-state index contributed by atoms with van der Waals surface area (Å²) in [6.45, 7) is 1.91. The first-order valence-electron chi connectivity index (χ1n) is 5.98. The molecule has 2 aromatic rings. The van der Waals surface area contributed by atoms with Crippen LogP contribution in [-0.2, 0) is 5.72 Å². The fourth-order valence-electron chi connectivity index (χ4n) is 2.19. The Morgan fingerprint density at radius 2 is 1.95 bits per heavy atom. The van der Waals surface area contributed by atoms with Gasteiger partial charge in [-0.05, 0) is 24.3 Å². The summed E-state index contributed by atoms with van der Waals surface area (Å²) in [7, 11) is 0. The van der Waals surface area contributed by atoms with Gasteiger partial charge in [-0.15, -0.1) is 0 Å². The van der Waals surface area contributed by atoms with Crippen LogP contribution in [0.15, 0.2) is 58.0 Å². The molecule has 1 aliphatic rings. The largest absolute Gasteiger partial charge is 0.461 e. The van der Waals surface area contributed by atoms with Crippen LogP contribution in [0.2, 0.25) is 0 Å². The quantitative estimate of drug-likeness (QED) is 0.876. The van der Waals surface area contributed by atoms with Crippen molar-refractivity contribution < 1.29 is 4.74 Å². The highest BCUT2D eigenvalue weighted by Crippen LogP contribution is 2.36. The summed E-state index contributed by atoms with van der Waals surface area (Å²) >= 11 is 3.46. The van der Waals surface area contributed by atoms with Crippen LogP contribution in [-0.4, -0.2) is 5.84 Å². The number of halogens is 1. The molecule has 4 heteroatoms. The van der Waals surface area contributed by atoms with Crippen molar-refractivity contribution in [3.8, 4) is 5.75 Å². The zero-order valence-electron chi connectivity index (χ0n) is 10.4. The SMILES string of the molecule is CC1(c2cccc(Br)c2)N=C(N)c2ccccc2O1. The normalized spacial score (nSPS) is 21.3. The van der Waals surface area contributed by atoms with E-state index in [9.17, 15) is 0 Å². The van der Waals surface area contributed by atoms with E-state index in [0.717, 1.165) is 21.3 Å². The lowest BCUT2D eigenvalue weighted by Gasteiger charge is -2.32. The number of aliphatic imine (C=N–C) groups is 1. The van der Waals surface area contributed by atoms with Gasteiger partial charge in [0.1, 0.15) is 11.6 Å². The number of para-hydroxylation sites is 1. The van der Waals surface area contributed by atoms with Crippen molar-refractivity contribution in [3.05, 3.63) is 64.1 Å². The van der Waals surface area contributed by atoms with Crippen molar-refractivity contribution in [2.45, 2.75) is 12.6 Å². The first kappa shape index (κ1) is 12.2. The van der Waals surface area contributed by atoms with Crippen LogP contribution < -0.4 is 10.5 Å². The molecule has 3 rings (SSSR count). The van der Waals surface area contributed by atoms with Gasteiger partial charge in [-0.1, -0.05) is 40.2 Å². The summed E-state index contributed by atoms with van der Waals surface area (Å²) in [5, 5.41) is 0. The molecule has 0 saturated heterocycles. The van der Waals surface area contributed by atoms with E-state index in [1.54, 1.807) is 0 Å². The molecule has 0 saturated carbocycles. The van der Waals surface area contributed by atoms with Gasteiger partial charge in [0.25, 0.3) is 0 Å². The molecule has 19 heavy (non-hydrogen) atoms. The van der Waals surface area contributed by atoms with E-state index in [2.05, 4.69) is 20.9 Å². The molecule has 0 spiro atoms. The molecule has 2 aromatic carbocycles. The number of amidine groups is 1. The van der Waals surface area contributed by atoms with Gasteiger partial charge in [-0.3, -0.25) is 0 Å². The van der Waals surface area contributed by atoms with E-state index < -0.39 is 5.72 Å². The lowest BCUT2D eigenvalue weighted by molar-refractivity contribution is 0.0926. The average molecular weight is 317 g/mol. The van der Waals surface area contributed by atoms with Crippen LogP contribution in [0.25, 0.3) is 0 Å². The Hall–Kier alpha value is -1.81. The standard InChI is InChI=1S/C15H13BrN2O/c1-15(10-5-4-6-11(16)9-10)18-14(17)12-7-2-3-8-13(12)19-15/h2-9H,1H3,(H2,17,18). The third kappa shape index (κ3) is 2.12. The van der Waals surface area contributed by atoms with Gasteiger partial charge in [0.15, 0.2) is 0 Å². The van der Waals surface area contributed by atoms with E-state index in [1.807, 2.05) is 55.5 Å². The Bertz CT molecular complexity index is 669. The molecule has 0 bridgehead atoms. The van der Waals surface area contributed by atoms with Gasteiger partial charge in [0, 0.05) is 17.0 Å². The number of fused-ring (bicyclic) bond motifs is 1. The molecule has 1 atom stereocenters. The molecular formula is C15H13BrN2O. The number of ether oxygens (including phenoxy) is 1. The number of benzene rings is 2. The van der Waals surface area contributed by atoms with E-state index in [4.69, 9.17) is 10.5 Å². The minimum absolute atomic E-state index is 0.504. The number of rotatable bonds is 1. The van der Waals surface area contributed by atoms with Crippen molar-refractivity contribution in [1.29, 1.82) is 0 Å². The molecule has 0 fully saturated rings. The molecule has 0 amide bonds. The van der Waals surface area contributed by atoms with Crippen LogP contribution in [0.1, 0.15) is 18.1 Å². The highest BCUT2D eigenvalue weighted by molar-refractivity contribution is 9.10. The lowest BCUT2D eigenvalue weighted by atomic mass is 10.0. The van der Waals surface area contributed by atoms with Gasteiger partial charge in [0.2, 0.25) is 5.72 Å². The van der Waals surface area contributed by atoms with Gasteiger partial charge in [-0.25, -0.2) is 4.99 Å². The summed E-state index contributed by atoms with van der Waals surface area (Å²) in [4.78, 5) is 4.52. The zero-order valence-corrected chi connectivity index (χ0v) is 12.0. The molecule has 0 aromatic heterocycles. The molecule has 1 aliphatic heterocycles. The number of hydrogen-bond acceptors (Lipinski definition) is 3. The Morgan fingerprint density at radius 3 is 2.74 bits per heavy atom. The lowest BCUT2D eigenvalue weighted by Crippen LogP contribution is -2.35. The zero-order chi connectivity index (χ0) is 13.5. The third-order valence-corrected chi connectivity index (χ3v) is 3.66. The number of nitrogens with zero attached hydrogens (tertiary/aromatic N) is 1. The van der Waals surface area contributed by atoms with Crippen molar-refractivity contribution >= 4 is 21.8 Å². The Morgan fingerprint density at radius 1 is 1.16 bits per heavy atom. The van der Waals surface area contributed by atoms with E-state index in [0.29, 0.717) is 5.84 Å². The summed E-state index contributed by atoms with van der Waals surface area (Å²) < 4.78 is 7.03. The topological polar surface area (TPSA) is 47.6 Å². The second-order valence-electron chi connectivity index (χ2n) is 4.59. The first-order chi connectivity index (χ1) is 9.08. The van der Waals surface area contributed by atoms with Crippen molar-refractivity contribution in [2.75, 3.05) is 0 Å². The summed E-state index contributed by atoms with van der Waals surface area (Å²) in [5.41, 5.74) is 7.07. The molecule has 0 radical (unpaired) electrons. The maximum absolute atomic E-state index is 6.06. The molecular weight excluding hydrogens is 304 g/mol. The van der Waals surface area contributed by atoms with Gasteiger partial charge >= 0.3 is 0 Å². The fraction of sp³-hybridized carbons (Fsp3) is 0.133. The van der Waals surface area contributed by atoms with Crippen LogP contribution in [0.5, 0.6) is 5.75 Å². The second-order valence-corrected chi connectivity index (χ2v) is 5.50. The highest BCUT2D eigenvalue weighted by Gasteiger charge is 2.33. The summed E-state index contributed by atoms with van der Waals surface area (Å²) in [6.07, 6.45) is 0. The molecule has 1 heterocycles. The first-order valence-corrected chi connectivity index (χ1v) is 6.77. The van der Waals surface area contributed by atoms with Gasteiger partial charge < -0.3 is 10.5 Å². The minimum Gasteiger partial charge on any atom is -0.461 e. The predicted octanol–water partition coefficient (Wildman–Crippen LogP) is 3.42. The van der Waals surface area contributed by atoms with Crippen LogP contribution in [0, 0.1) is 0 Å². The summed E-state index contributed by atoms with van der Waals surface area (Å²) in [5.74, 6) is 1.27. The van der Waals surface area contributed by atoms with Crippen LogP contribution in [0.4, 0.5) is 0 Å². The van der Waals surface area contributed by atoms with E-state index >= 15 is 0 Å². The Kier molecular flexibility index (Phi) is 2.82. The fourth-order valence-corrected chi connectivity index (χ4v) is 2.59. The van der Waals surface area contributed by atoms with Crippen LogP contribution >= 0.6 is 15.9 Å². The molecule has 3 nitrogen and oxygen atoms in total. The van der Waals surface area contributed by atoms with Crippen molar-refractivity contribution in [1.82, 2.24) is 0 Å². The number of nitrogens with two attached hydrogens (primary N) is 1. The van der Waals surface area contributed by atoms with E-state index in [1.165, 1.54) is 0 Å². The maximum atomic E-state index is 6.06. The average Bonchev–Trinajstić information content (AvgIpc) is 2.38. The van der Waals surface area contributed by atoms with Crippen LogP contribution in [0.3, 0.4) is 0 Å². The predicted molar refractivity (Wildman–Crippen MR) is 79.3 cm³/mol. The molecule has 2 N–H and O–H groups in total. The molecule has 96 valence electrons. The van der Waals surface area contributed by atoms with Crippen molar-refractivity contribution in [2.24, 2.45) is 10.7 Å². The van der Waals surface area contributed by atoms with Gasteiger partial charge in [0.05, 0.1) is 5.56 Å². The van der Waals surface area contributed by atoms with Gasteiger partial charge in [-0.2, -0.15) is 0 Å². The maximum Gasteiger partial charge on any atom is 0.225 e. The number of hydrogen-bond donors (Lipinski definition) is 1. The Labute approximate surface area is 120 Å². The van der Waals surface area contributed by atoms with E-state index in [-0.39, 0.29) is 0 Å². The Balaban J connectivity index is 2.11. The minimum atomic E-state index is -0.789. The highest BCUT2D eigenvalue weighted by atomic mass is 79.9. The second kappa shape index (κ2) is 4.38. The third-order valence-electron chi connectivity index (χ3n) is 3.17. The van der Waals surface area contributed by atoms with Crippen molar-refractivity contribution in [3.63, 3.8) is 0 Å². The summed E-state index contributed by atoms with van der Waals surface area (Å²) in [6, 6.07) is 15.6.